The largest absolute Gasteiger partial charge is 0.394 e. The van der Waals surface area contributed by atoms with E-state index < -0.39 is 36.9 Å². The fourth-order valence-electron chi connectivity index (χ4n) is 1.05. The molecule has 0 spiro atoms. The highest BCUT2D eigenvalue weighted by atomic mass is 16.4. The molecule has 0 bridgehead atoms. The Kier molecular flexibility index (Phi) is 6.46. The number of hydrogen-bond donors (Lipinski definition) is 6. The van der Waals surface area contributed by atoms with Gasteiger partial charge in [0.05, 0.1) is 6.61 Å². The predicted octanol–water partition coefficient (Wildman–Crippen LogP) is -3.05. The molecule has 0 heterocycles. The average molecular weight is 237 g/mol. The van der Waals surface area contributed by atoms with Crippen LogP contribution in [0.3, 0.4) is 0 Å². The first-order chi connectivity index (χ1) is 7.31. The van der Waals surface area contributed by atoms with Crippen LogP contribution in [0.2, 0.25) is 0 Å². The van der Waals surface area contributed by atoms with Crippen molar-refractivity contribution in [3.63, 3.8) is 0 Å². The Morgan fingerprint density at radius 2 is 1.62 bits per heavy atom. The Labute approximate surface area is 93.3 Å². The first-order valence-corrected chi connectivity index (χ1v) is 4.94. The number of amides is 1. The van der Waals surface area contributed by atoms with Gasteiger partial charge in [0, 0.05) is 6.04 Å². The standard InChI is InChI=1S/C9H19NO6/c1-4(2)10-9(16)8(15)7(14)6(13)5(12)3-11/h4-8,11-15H,3H2,1-2H3,(H,10,16)/t5?,6-,7+,8?/m1/s1. The van der Waals surface area contributed by atoms with Gasteiger partial charge in [-0.25, -0.2) is 0 Å². The summed E-state index contributed by atoms with van der Waals surface area (Å²) in [7, 11) is 0. The van der Waals surface area contributed by atoms with Gasteiger partial charge < -0.3 is 30.8 Å². The van der Waals surface area contributed by atoms with E-state index >= 15 is 0 Å². The maximum absolute atomic E-state index is 11.2. The Balaban J connectivity index is 4.36. The second-order valence-electron chi connectivity index (χ2n) is 3.84. The van der Waals surface area contributed by atoms with E-state index in [9.17, 15) is 20.1 Å². The molecule has 0 aromatic rings. The van der Waals surface area contributed by atoms with E-state index in [1.807, 2.05) is 0 Å². The van der Waals surface area contributed by atoms with Gasteiger partial charge in [-0.2, -0.15) is 0 Å². The van der Waals surface area contributed by atoms with Crippen molar-refractivity contribution in [1.82, 2.24) is 5.32 Å². The summed E-state index contributed by atoms with van der Waals surface area (Å²) in [5, 5.41) is 47.8. The van der Waals surface area contributed by atoms with Crippen LogP contribution < -0.4 is 5.32 Å². The summed E-state index contributed by atoms with van der Waals surface area (Å²) < 4.78 is 0. The molecule has 16 heavy (non-hydrogen) atoms. The molecular weight excluding hydrogens is 218 g/mol. The van der Waals surface area contributed by atoms with Gasteiger partial charge >= 0.3 is 0 Å². The van der Waals surface area contributed by atoms with E-state index in [2.05, 4.69) is 5.32 Å². The van der Waals surface area contributed by atoms with E-state index in [0.29, 0.717) is 0 Å². The molecule has 0 saturated heterocycles. The molecule has 0 aliphatic carbocycles. The lowest BCUT2D eigenvalue weighted by molar-refractivity contribution is -0.149. The van der Waals surface area contributed by atoms with Crippen molar-refractivity contribution in [3.8, 4) is 0 Å². The molecular formula is C9H19NO6. The van der Waals surface area contributed by atoms with Crippen LogP contribution in [0.4, 0.5) is 0 Å². The normalized spacial score (nSPS) is 19.0. The van der Waals surface area contributed by atoms with Gasteiger partial charge in [0.2, 0.25) is 0 Å². The summed E-state index contributed by atoms with van der Waals surface area (Å²) in [6, 6.07) is -0.228. The van der Waals surface area contributed by atoms with Crippen molar-refractivity contribution in [3.05, 3.63) is 0 Å². The molecule has 96 valence electrons. The van der Waals surface area contributed by atoms with Crippen molar-refractivity contribution >= 4 is 5.91 Å². The zero-order valence-corrected chi connectivity index (χ0v) is 9.24. The number of carbonyl (C=O) groups is 1. The van der Waals surface area contributed by atoms with E-state index in [0.717, 1.165) is 0 Å². The van der Waals surface area contributed by atoms with Gasteiger partial charge in [-0.1, -0.05) is 0 Å². The molecule has 7 heteroatoms. The SMILES string of the molecule is CC(C)NC(=O)C(O)[C@@H](O)[C@H](O)C(O)CO. The molecule has 0 rings (SSSR count). The number of aliphatic hydroxyl groups excluding tert-OH is 5. The van der Waals surface area contributed by atoms with Gasteiger partial charge in [0.1, 0.15) is 18.3 Å². The van der Waals surface area contributed by atoms with Crippen LogP contribution >= 0.6 is 0 Å². The lowest BCUT2D eigenvalue weighted by Crippen LogP contribution is -2.52. The molecule has 6 N–H and O–H groups in total. The first-order valence-electron chi connectivity index (χ1n) is 4.94. The van der Waals surface area contributed by atoms with E-state index in [-0.39, 0.29) is 6.04 Å². The smallest absolute Gasteiger partial charge is 0.251 e. The van der Waals surface area contributed by atoms with E-state index in [1.165, 1.54) is 0 Å². The molecule has 0 aliphatic rings. The molecule has 0 fully saturated rings. The van der Waals surface area contributed by atoms with Crippen LogP contribution in [0.5, 0.6) is 0 Å². The monoisotopic (exact) mass is 237 g/mol. The Morgan fingerprint density at radius 3 is 2.00 bits per heavy atom. The third kappa shape index (κ3) is 4.42. The highest BCUT2D eigenvalue weighted by molar-refractivity contribution is 5.81. The predicted molar refractivity (Wildman–Crippen MR) is 54.4 cm³/mol. The summed E-state index contributed by atoms with van der Waals surface area (Å²) in [5.41, 5.74) is 0. The molecule has 0 radical (unpaired) electrons. The fourth-order valence-corrected chi connectivity index (χ4v) is 1.05. The van der Waals surface area contributed by atoms with E-state index in [4.69, 9.17) is 10.2 Å². The Hall–Kier alpha value is -0.730. The number of nitrogens with one attached hydrogen (secondary N) is 1. The van der Waals surface area contributed by atoms with Crippen molar-refractivity contribution in [2.45, 2.75) is 44.3 Å². The third-order valence-corrected chi connectivity index (χ3v) is 1.95. The number of aliphatic hydroxyl groups is 5. The first kappa shape index (κ1) is 15.3. The zero-order chi connectivity index (χ0) is 12.9. The number of rotatable bonds is 6. The molecule has 0 aliphatic heterocycles. The van der Waals surface area contributed by atoms with Crippen LogP contribution in [0.1, 0.15) is 13.8 Å². The Morgan fingerprint density at radius 1 is 1.12 bits per heavy atom. The molecule has 4 atom stereocenters. The van der Waals surface area contributed by atoms with Gasteiger partial charge in [-0.15, -0.1) is 0 Å². The van der Waals surface area contributed by atoms with Gasteiger partial charge in [0.15, 0.2) is 6.10 Å². The summed E-state index contributed by atoms with van der Waals surface area (Å²) in [4.78, 5) is 11.2. The fraction of sp³-hybridized carbons (Fsp3) is 0.889. The quantitative estimate of drug-likeness (QED) is 0.291. The molecule has 0 aromatic heterocycles. The second kappa shape index (κ2) is 6.77. The molecule has 0 saturated carbocycles. The van der Waals surface area contributed by atoms with E-state index in [1.54, 1.807) is 13.8 Å². The molecule has 1 amide bonds. The maximum atomic E-state index is 11.2. The van der Waals surface area contributed by atoms with Crippen LogP contribution in [0.15, 0.2) is 0 Å². The highest BCUT2D eigenvalue weighted by Crippen LogP contribution is 2.05. The van der Waals surface area contributed by atoms with Crippen molar-refractivity contribution in [2.24, 2.45) is 0 Å². The summed E-state index contributed by atoms with van der Waals surface area (Å²) >= 11 is 0. The molecule has 7 nitrogen and oxygen atoms in total. The van der Waals surface area contributed by atoms with Gasteiger partial charge in [-0.05, 0) is 13.8 Å². The average Bonchev–Trinajstić information content (AvgIpc) is 2.23. The minimum atomic E-state index is -1.86. The van der Waals surface area contributed by atoms with Gasteiger partial charge in [-0.3, -0.25) is 4.79 Å². The number of hydrogen-bond acceptors (Lipinski definition) is 6. The topological polar surface area (TPSA) is 130 Å². The van der Waals surface area contributed by atoms with Gasteiger partial charge in [0.25, 0.3) is 5.91 Å². The van der Waals surface area contributed by atoms with Crippen LogP contribution in [-0.2, 0) is 4.79 Å². The zero-order valence-electron chi connectivity index (χ0n) is 9.24. The summed E-state index contributed by atoms with van der Waals surface area (Å²) in [5.74, 6) is -0.855. The second-order valence-corrected chi connectivity index (χ2v) is 3.84. The lowest BCUT2D eigenvalue weighted by atomic mass is 10.0. The van der Waals surface area contributed by atoms with Crippen LogP contribution in [0.25, 0.3) is 0 Å². The minimum Gasteiger partial charge on any atom is -0.394 e. The lowest BCUT2D eigenvalue weighted by Gasteiger charge is -2.25. The maximum Gasteiger partial charge on any atom is 0.251 e. The highest BCUT2D eigenvalue weighted by Gasteiger charge is 2.34. The number of carbonyl (C=O) groups excluding carboxylic acids is 1. The minimum absolute atomic E-state index is 0.228. The van der Waals surface area contributed by atoms with Crippen molar-refractivity contribution in [1.29, 1.82) is 0 Å². The summed E-state index contributed by atoms with van der Waals surface area (Å²) in [6.45, 7) is 2.54. The summed E-state index contributed by atoms with van der Waals surface area (Å²) in [6.07, 6.45) is -7.13. The molecule has 2 unspecified atom stereocenters. The van der Waals surface area contributed by atoms with Crippen molar-refractivity contribution < 1.29 is 30.3 Å². The van der Waals surface area contributed by atoms with Crippen molar-refractivity contribution in [2.75, 3.05) is 6.61 Å². The third-order valence-electron chi connectivity index (χ3n) is 1.95. The Bertz CT molecular complexity index is 222. The van der Waals surface area contributed by atoms with Crippen LogP contribution in [0, 0.1) is 0 Å². The molecule has 0 aromatic carbocycles. The van der Waals surface area contributed by atoms with Crippen LogP contribution in [-0.4, -0.2) is 68.5 Å².